The minimum atomic E-state index is -0.188. The predicted octanol–water partition coefficient (Wildman–Crippen LogP) is 3.54. The number of hydrogen-bond donors (Lipinski definition) is 1. The molecule has 1 aromatic carbocycles. The van der Waals surface area contributed by atoms with Crippen LogP contribution in [0.2, 0.25) is 0 Å². The van der Waals surface area contributed by atoms with Gasteiger partial charge in [0.1, 0.15) is 11.6 Å². The van der Waals surface area contributed by atoms with Gasteiger partial charge in [-0.25, -0.2) is 4.39 Å². The molecule has 3 fully saturated rings. The molecule has 122 valence electrons. The van der Waals surface area contributed by atoms with Crippen LogP contribution in [0.25, 0.3) is 10.9 Å². The molecule has 0 radical (unpaired) electrons. The Morgan fingerprint density at radius 3 is 3.04 bits per heavy atom. The fourth-order valence-electron chi connectivity index (χ4n) is 4.53. The molecule has 1 aliphatic carbocycles. The molecule has 2 saturated heterocycles. The second kappa shape index (κ2) is 5.75. The fourth-order valence-corrected chi connectivity index (χ4v) is 4.53. The Morgan fingerprint density at radius 2 is 2.26 bits per heavy atom. The number of ketones is 1. The number of aromatic amines is 1. The molecule has 3 nitrogen and oxygen atoms in total. The van der Waals surface area contributed by atoms with Gasteiger partial charge in [0.05, 0.1) is 0 Å². The van der Waals surface area contributed by atoms with E-state index >= 15 is 0 Å². The van der Waals surface area contributed by atoms with Crippen molar-refractivity contribution in [1.82, 2.24) is 9.88 Å². The van der Waals surface area contributed by atoms with Gasteiger partial charge in [0.25, 0.3) is 0 Å². The Balaban J connectivity index is 1.50. The summed E-state index contributed by atoms with van der Waals surface area (Å²) in [5, 5.41) is 0.982. The average molecular weight is 314 g/mol. The largest absolute Gasteiger partial charge is 0.361 e. The molecule has 1 aromatic heterocycles. The Kier molecular flexibility index (Phi) is 3.72. The third-order valence-corrected chi connectivity index (χ3v) is 5.84. The molecule has 5 rings (SSSR count). The number of fused-ring (bicyclic) bond motifs is 4. The van der Waals surface area contributed by atoms with Crippen molar-refractivity contribution in [3.05, 3.63) is 35.8 Å². The summed E-state index contributed by atoms with van der Waals surface area (Å²) in [7, 11) is 0. The lowest BCUT2D eigenvalue weighted by molar-refractivity contribution is -0.136. The molecule has 2 aromatic rings. The molecule has 2 bridgehead atoms. The van der Waals surface area contributed by atoms with Gasteiger partial charge in [-0.3, -0.25) is 9.69 Å². The van der Waals surface area contributed by atoms with Gasteiger partial charge < -0.3 is 4.98 Å². The van der Waals surface area contributed by atoms with Gasteiger partial charge >= 0.3 is 0 Å². The topological polar surface area (TPSA) is 36.1 Å². The third-order valence-electron chi connectivity index (χ3n) is 5.84. The quantitative estimate of drug-likeness (QED) is 0.937. The van der Waals surface area contributed by atoms with Crippen molar-refractivity contribution in [3.63, 3.8) is 0 Å². The van der Waals surface area contributed by atoms with E-state index in [1.165, 1.54) is 11.6 Å². The number of benzene rings is 1. The predicted molar refractivity (Wildman–Crippen MR) is 88.8 cm³/mol. The Bertz CT molecular complexity index is 738. The molecule has 0 spiro atoms. The Morgan fingerprint density at radius 1 is 1.39 bits per heavy atom. The minimum Gasteiger partial charge on any atom is -0.361 e. The summed E-state index contributed by atoms with van der Waals surface area (Å²) >= 11 is 0. The Labute approximate surface area is 135 Å². The molecule has 4 heteroatoms. The van der Waals surface area contributed by atoms with Gasteiger partial charge in [0, 0.05) is 48.6 Å². The molecular formula is C19H23FN2O. The maximum atomic E-state index is 13.5. The highest BCUT2D eigenvalue weighted by Gasteiger charge is 2.44. The summed E-state index contributed by atoms with van der Waals surface area (Å²) < 4.78 is 13.5. The molecule has 3 heterocycles. The molecule has 3 atom stereocenters. The van der Waals surface area contributed by atoms with Crippen LogP contribution in [0, 0.1) is 17.7 Å². The van der Waals surface area contributed by atoms with Crippen LogP contribution in [-0.2, 0) is 11.2 Å². The van der Waals surface area contributed by atoms with E-state index in [9.17, 15) is 9.18 Å². The maximum Gasteiger partial charge on any atom is 0.138 e. The van der Waals surface area contributed by atoms with Gasteiger partial charge in [-0.1, -0.05) is 13.3 Å². The lowest BCUT2D eigenvalue weighted by Crippen LogP contribution is -2.57. The number of carbonyl (C=O) groups excluding carboxylic acids is 1. The number of H-pyrrole nitrogens is 1. The van der Waals surface area contributed by atoms with E-state index in [4.69, 9.17) is 0 Å². The van der Waals surface area contributed by atoms with Crippen molar-refractivity contribution in [2.24, 2.45) is 11.8 Å². The van der Waals surface area contributed by atoms with Crippen LogP contribution in [0.1, 0.15) is 31.7 Å². The number of rotatable bonds is 4. The number of carbonyl (C=O) groups is 1. The number of hydrogen-bond acceptors (Lipinski definition) is 2. The van der Waals surface area contributed by atoms with Crippen molar-refractivity contribution >= 4 is 16.7 Å². The second-order valence-electron chi connectivity index (χ2n) is 7.09. The lowest BCUT2D eigenvalue weighted by atomic mass is 9.71. The van der Waals surface area contributed by atoms with E-state index in [0.717, 1.165) is 49.7 Å². The van der Waals surface area contributed by atoms with Crippen LogP contribution in [0.3, 0.4) is 0 Å². The average Bonchev–Trinajstić information content (AvgIpc) is 2.95. The van der Waals surface area contributed by atoms with Crippen molar-refractivity contribution < 1.29 is 9.18 Å². The maximum absolute atomic E-state index is 13.5. The molecule has 1 saturated carbocycles. The van der Waals surface area contributed by atoms with Gasteiger partial charge in [-0.15, -0.1) is 0 Å². The minimum absolute atomic E-state index is 0.188. The summed E-state index contributed by atoms with van der Waals surface area (Å²) in [6.07, 6.45) is 5.86. The monoisotopic (exact) mass is 314 g/mol. The van der Waals surface area contributed by atoms with Gasteiger partial charge in [-0.05, 0) is 42.5 Å². The van der Waals surface area contributed by atoms with Crippen LogP contribution in [0.4, 0.5) is 4.39 Å². The highest BCUT2D eigenvalue weighted by atomic mass is 19.1. The smallest absolute Gasteiger partial charge is 0.138 e. The van der Waals surface area contributed by atoms with Gasteiger partial charge in [0.2, 0.25) is 0 Å². The molecule has 2 aliphatic heterocycles. The van der Waals surface area contributed by atoms with Gasteiger partial charge in [0.15, 0.2) is 0 Å². The Hall–Kier alpha value is -1.68. The first kappa shape index (κ1) is 14.9. The van der Waals surface area contributed by atoms with Crippen molar-refractivity contribution in [1.29, 1.82) is 0 Å². The fraction of sp³-hybridized carbons (Fsp3) is 0.526. The van der Waals surface area contributed by atoms with E-state index in [-0.39, 0.29) is 11.7 Å². The van der Waals surface area contributed by atoms with Crippen LogP contribution >= 0.6 is 0 Å². The SMILES string of the molecule is CCC1CC2CN(CCc3c[nH]c4ccc(F)cc34)C1CC2=O. The van der Waals surface area contributed by atoms with Crippen molar-refractivity contribution in [3.8, 4) is 0 Å². The van der Waals surface area contributed by atoms with Crippen LogP contribution in [0.15, 0.2) is 24.4 Å². The summed E-state index contributed by atoms with van der Waals surface area (Å²) in [5.74, 6) is 1.18. The van der Waals surface area contributed by atoms with E-state index in [1.807, 2.05) is 6.20 Å². The number of nitrogens with zero attached hydrogens (tertiary/aromatic N) is 1. The number of Topliss-reactive ketones (excluding diaryl/α,β-unsaturated/α-hetero) is 1. The van der Waals surface area contributed by atoms with Crippen LogP contribution in [0.5, 0.6) is 0 Å². The first-order chi connectivity index (χ1) is 11.2. The number of aromatic nitrogens is 1. The lowest BCUT2D eigenvalue weighted by Gasteiger charge is -2.49. The zero-order chi connectivity index (χ0) is 16.0. The zero-order valence-electron chi connectivity index (χ0n) is 13.5. The normalized spacial score (nSPS) is 27.9. The van der Waals surface area contributed by atoms with E-state index in [1.54, 1.807) is 12.1 Å². The van der Waals surface area contributed by atoms with Crippen LogP contribution in [-0.4, -0.2) is 34.8 Å². The number of piperidine rings is 2. The summed E-state index contributed by atoms with van der Waals surface area (Å²) in [6, 6.07) is 5.31. The highest BCUT2D eigenvalue weighted by Crippen LogP contribution is 2.38. The molecule has 1 N–H and O–H groups in total. The zero-order valence-corrected chi connectivity index (χ0v) is 13.5. The number of nitrogens with one attached hydrogen (secondary N) is 1. The first-order valence-corrected chi connectivity index (χ1v) is 8.68. The van der Waals surface area contributed by atoms with Crippen LogP contribution < -0.4 is 0 Å². The standard InChI is InChI=1S/C19H23FN2O/c1-2-12-7-14-11-22(18(12)9-19(14)23)6-5-13-10-21-17-4-3-15(20)8-16(13)17/h3-4,8,10,12,14,18,21H,2,5-7,9,11H2,1H3. The van der Waals surface area contributed by atoms with E-state index in [0.29, 0.717) is 17.7 Å². The first-order valence-electron chi connectivity index (χ1n) is 8.68. The summed E-state index contributed by atoms with van der Waals surface area (Å²) in [6.45, 7) is 4.10. The van der Waals surface area contributed by atoms with Gasteiger partial charge in [-0.2, -0.15) is 0 Å². The molecule has 3 aliphatic rings. The third kappa shape index (κ3) is 2.59. The molecule has 3 unspecified atom stereocenters. The van der Waals surface area contributed by atoms with E-state index < -0.39 is 0 Å². The van der Waals surface area contributed by atoms with E-state index in [2.05, 4.69) is 16.8 Å². The highest BCUT2D eigenvalue weighted by molar-refractivity contribution is 5.84. The summed E-state index contributed by atoms with van der Waals surface area (Å²) in [5.41, 5.74) is 2.16. The summed E-state index contributed by atoms with van der Waals surface area (Å²) in [4.78, 5) is 17.8. The second-order valence-corrected chi connectivity index (χ2v) is 7.09. The molecule has 23 heavy (non-hydrogen) atoms. The van der Waals surface area contributed by atoms with Crippen molar-refractivity contribution in [2.45, 2.75) is 38.6 Å². The number of halogens is 1. The molecular weight excluding hydrogens is 291 g/mol. The van der Waals surface area contributed by atoms with Crippen molar-refractivity contribution in [2.75, 3.05) is 13.1 Å². The molecule has 0 amide bonds.